The topological polar surface area (TPSA) is 72.6 Å². The van der Waals surface area contributed by atoms with Crippen molar-refractivity contribution in [3.05, 3.63) is 35.9 Å². The van der Waals surface area contributed by atoms with Gasteiger partial charge in [0.05, 0.1) is 7.11 Å². The van der Waals surface area contributed by atoms with Crippen LogP contribution in [0.2, 0.25) is 0 Å². The summed E-state index contributed by atoms with van der Waals surface area (Å²) in [6.07, 6.45) is 2.39. The van der Waals surface area contributed by atoms with Crippen LogP contribution in [0.4, 0.5) is 0 Å². The van der Waals surface area contributed by atoms with E-state index in [-0.39, 0.29) is 0 Å². The number of hydrogen-bond donors (Lipinski definition) is 1. The Bertz CT molecular complexity index is 425. The van der Waals surface area contributed by atoms with E-state index in [1.54, 1.807) is 36.0 Å². The lowest BCUT2D eigenvalue weighted by Gasteiger charge is -2.25. The molecule has 0 aliphatic carbocycles. The van der Waals surface area contributed by atoms with Crippen LogP contribution in [-0.2, 0) is 9.53 Å². The minimum absolute atomic E-state index is 0.392. The van der Waals surface area contributed by atoms with Gasteiger partial charge in [0.25, 0.3) is 5.91 Å². The maximum Gasteiger partial charge on any atom is 0.330 e. The van der Waals surface area contributed by atoms with Crippen LogP contribution in [-0.4, -0.2) is 42.0 Å². The van der Waals surface area contributed by atoms with Crippen molar-refractivity contribution in [1.29, 1.82) is 0 Å². The third kappa shape index (κ3) is 4.25. The Kier molecular flexibility index (Phi) is 6.38. The van der Waals surface area contributed by atoms with Crippen LogP contribution in [0.5, 0.6) is 0 Å². The lowest BCUT2D eigenvalue weighted by atomic mass is 10.1. The highest BCUT2D eigenvalue weighted by molar-refractivity contribution is 7.98. The molecule has 0 aliphatic rings. The van der Waals surface area contributed by atoms with Crippen LogP contribution in [0.15, 0.2) is 30.3 Å². The molecule has 0 aromatic heterocycles. The molecule has 0 radical (unpaired) electrons. The Hall–Kier alpha value is -1.53. The predicted octanol–water partition coefficient (Wildman–Crippen LogP) is 1.30. The van der Waals surface area contributed by atoms with Crippen LogP contribution in [0.1, 0.15) is 16.8 Å². The number of nitrogens with zero attached hydrogens (tertiary/aromatic N) is 1. The maximum absolute atomic E-state index is 12.2. The van der Waals surface area contributed by atoms with Crippen LogP contribution in [0.3, 0.4) is 0 Å². The molecular formula is C13H18N2O3S. The quantitative estimate of drug-likeness (QED) is 0.368. The second-order valence-corrected chi connectivity index (χ2v) is 4.88. The SMILES string of the molecule is COC(=O)[C@H](CCSC)N(N)C(=O)c1ccccc1. The van der Waals surface area contributed by atoms with Crippen molar-refractivity contribution in [3.63, 3.8) is 0 Å². The summed E-state index contributed by atoms with van der Waals surface area (Å²) in [5, 5.41) is 0.956. The molecule has 0 bridgehead atoms. The fourth-order valence-electron chi connectivity index (χ4n) is 1.61. The lowest BCUT2D eigenvalue weighted by molar-refractivity contribution is -0.146. The van der Waals surface area contributed by atoms with Gasteiger partial charge in [0.15, 0.2) is 0 Å². The number of carbonyl (C=O) groups excluding carboxylic acids is 2. The van der Waals surface area contributed by atoms with Gasteiger partial charge in [-0.1, -0.05) is 18.2 Å². The molecule has 1 atom stereocenters. The van der Waals surface area contributed by atoms with Gasteiger partial charge in [-0.3, -0.25) is 9.80 Å². The van der Waals surface area contributed by atoms with E-state index in [4.69, 9.17) is 10.6 Å². The molecule has 0 spiro atoms. The Balaban J connectivity index is 2.83. The first-order valence-corrected chi connectivity index (χ1v) is 7.21. The molecule has 0 fully saturated rings. The van der Waals surface area contributed by atoms with E-state index in [0.717, 1.165) is 10.8 Å². The second kappa shape index (κ2) is 7.81. The van der Waals surface area contributed by atoms with Gasteiger partial charge in [0.1, 0.15) is 6.04 Å². The van der Waals surface area contributed by atoms with Crippen LogP contribution in [0, 0.1) is 0 Å². The minimum atomic E-state index is -0.759. The summed E-state index contributed by atoms with van der Waals surface area (Å²) in [5.41, 5.74) is 0.447. The van der Waals surface area contributed by atoms with E-state index in [9.17, 15) is 9.59 Å². The molecular weight excluding hydrogens is 264 g/mol. The zero-order valence-electron chi connectivity index (χ0n) is 11.0. The Labute approximate surface area is 117 Å². The monoisotopic (exact) mass is 282 g/mol. The molecule has 5 nitrogen and oxygen atoms in total. The molecule has 0 heterocycles. The van der Waals surface area contributed by atoms with Crippen molar-refractivity contribution in [2.24, 2.45) is 5.84 Å². The summed E-state index contributed by atoms with van der Waals surface area (Å²) in [7, 11) is 1.29. The smallest absolute Gasteiger partial charge is 0.330 e. The Morgan fingerprint density at radius 2 is 2.00 bits per heavy atom. The van der Waals surface area contributed by atoms with Crippen molar-refractivity contribution in [2.75, 3.05) is 19.1 Å². The zero-order valence-corrected chi connectivity index (χ0v) is 11.9. The molecule has 6 heteroatoms. The van der Waals surface area contributed by atoms with Gasteiger partial charge in [0, 0.05) is 5.56 Å². The van der Waals surface area contributed by atoms with Crippen molar-refractivity contribution in [3.8, 4) is 0 Å². The number of benzene rings is 1. The highest BCUT2D eigenvalue weighted by Gasteiger charge is 2.28. The average molecular weight is 282 g/mol. The fraction of sp³-hybridized carbons (Fsp3) is 0.385. The molecule has 1 aromatic carbocycles. The van der Waals surface area contributed by atoms with Gasteiger partial charge in [-0.25, -0.2) is 10.6 Å². The first-order chi connectivity index (χ1) is 9.11. The van der Waals surface area contributed by atoms with Crippen LogP contribution >= 0.6 is 11.8 Å². The first-order valence-electron chi connectivity index (χ1n) is 5.82. The van der Waals surface area contributed by atoms with E-state index < -0.39 is 17.9 Å². The summed E-state index contributed by atoms with van der Waals surface area (Å²) in [6, 6.07) is 7.86. The van der Waals surface area contributed by atoms with Gasteiger partial charge >= 0.3 is 5.97 Å². The molecule has 0 unspecified atom stereocenters. The maximum atomic E-state index is 12.2. The van der Waals surface area contributed by atoms with Crippen LogP contribution < -0.4 is 5.84 Å². The summed E-state index contributed by atoms with van der Waals surface area (Å²) in [5.74, 6) is 5.61. The molecule has 104 valence electrons. The molecule has 2 N–H and O–H groups in total. The molecule has 1 rings (SSSR count). The summed E-state index contributed by atoms with van der Waals surface area (Å²) in [4.78, 5) is 23.8. The van der Waals surface area contributed by atoms with Crippen molar-refractivity contribution < 1.29 is 14.3 Å². The van der Waals surface area contributed by atoms with Crippen molar-refractivity contribution in [2.45, 2.75) is 12.5 Å². The number of esters is 1. The molecule has 0 saturated heterocycles. The molecule has 0 saturated carbocycles. The Morgan fingerprint density at radius 3 is 2.53 bits per heavy atom. The number of amides is 1. The molecule has 1 amide bonds. The molecule has 19 heavy (non-hydrogen) atoms. The summed E-state index contributed by atoms with van der Waals surface area (Å²) in [6.45, 7) is 0. The Morgan fingerprint density at radius 1 is 1.37 bits per heavy atom. The fourth-order valence-corrected chi connectivity index (χ4v) is 2.07. The standard InChI is InChI=1S/C13H18N2O3S/c1-18-13(17)11(8-9-19-2)15(14)12(16)10-6-4-3-5-7-10/h3-7,11H,8-9,14H2,1-2H3/t11-/m0/s1. The van der Waals surface area contributed by atoms with Gasteiger partial charge in [0.2, 0.25) is 0 Å². The third-order valence-electron chi connectivity index (χ3n) is 2.66. The highest BCUT2D eigenvalue weighted by Crippen LogP contribution is 2.11. The van der Waals surface area contributed by atoms with E-state index in [0.29, 0.717) is 12.0 Å². The number of methoxy groups -OCH3 is 1. The number of rotatable bonds is 6. The first kappa shape index (κ1) is 15.5. The zero-order chi connectivity index (χ0) is 14.3. The predicted molar refractivity (Wildman–Crippen MR) is 75.6 cm³/mol. The van der Waals surface area contributed by atoms with Gasteiger partial charge in [-0.15, -0.1) is 0 Å². The van der Waals surface area contributed by atoms with Gasteiger partial charge in [-0.05, 0) is 30.6 Å². The lowest BCUT2D eigenvalue weighted by Crippen LogP contribution is -2.50. The van der Waals surface area contributed by atoms with E-state index in [1.165, 1.54) is 7.11 Å². The minimum Gasteiger partial charge on any atom is -0.467 e. The van der Waals surface area contributed by atoms with Gasteiger partial charge < -0.3 is 4.74 Å². The van der Waals surface area contributed by atoms with Crippen molar-refractivity contribution in [1.82, 2.24) is 5.01 Å². The van der Waals surface area contributed by atoms with E-state index >= 15 is 0 Å². The largest absolute Gasteiger partial charge is 0.467 e. The van der Waals surface area contributed by atoms with Crippen molar-refractivity contribution >= 4 is 23.6 Å². The number of hydrogen-bond acceptors (Lipinski definition) is 5. The van der Waals surface area contributed by atoms with Crippen LogP contribution in [0.25, 0.3) is 0 Å². The number of carbonyl (C=O) groups is 2. The summed E-state index contributed by atoms with van der Waals surface area (Å²) < 4.78 is 4.69. The molecule has 1 aromatic rings. The number of hydrazine groups is 1. The number of nitrogens with two attached hydrogens (primary N) is 1. The second-order valence-electron chi connectivity index (χ2n) is 3.90. The van der Waals surface area contributed by atoms with Gasteiger partial charge in [-0.2, -0.15) is 11.8 Å². The van der Waals surface area contributed by atoms with E-state index in [2.05, 4.69) is 0 Å². The molecule has 0 aliphatic heterocycles. The number of ether oxygens (including phenoxy) is 1. The average Bonchev–Trinajstić information content (AvgIpc) is 2.47. The normalized spacial score (nSPS) is 11.7. The highest BCUT2D eigenvalue weighted by atomic mass is 32.2. The number of thioether (sulfide) groups is 1. The summed E-state index contributed by atoms with van der Waals surface area (Å²) >= 11 is 1.58. The third-order valence-corrected chi connectivity index (χ3v) is 3.30. The van der Waals surface area contributed by atoms with E-state index in [1.807, 2.05) is 12.3 Å².